The second-order valence-corrected chi connectivity index (χ2v) is 5.27. The molecule has 0 atom stereocenters. The molecule has 0 radical (unpaired) electrons. The van der Waals surface area contributed by atoms with Crippen molar-refractivity contribution < 1.29 is 9.53 Å². The number of urea groups is 1. The minimum atomic E-state index is -0.211. The predicted octanol–water partition coefficient (Wildman–Crippen LogP) is 2.53. The van der Waals surface area contributed by atoms with E-state index in [1.54, 1.807) is 24.3 Å². The Morgan fingerprint density at radius 2 is 2.27 bits per heavy atom. The Morgan fingerprint density at radius 3 is 3.09 bits per heavy atom. The number of anilines is 2. The molecule has 1 aliphatic heterocycles. The number of aryl methyl sites for hydroxylation is 1. The second kappa shape index (κ2) is 6.11. The molecule has 0 saturated heterocycles. The van der Waals surface area contributed by atoms with Crippen LogP contribution >= 0.6 is 0 Å². The minimum absolute atomic E-state index is 0.211. The van der Waals surface area contributed by atoms with Crippen LogP contribution in [-0.4, -0.2) is 29.7 Å². The first-order chi connectivity index (χ1) is 10.7. The van der Waals surface area contributed by atoms with Crippen LogP contribution in [0.15, 0.2) is 30.5 Å². The molecule has 6 heteroatoms. The van der Waals surface area contributed by atoms with Crippen molar-refractivity contribution in [1.82, 2.24) is 9.97 Å². The molecule has 0 saturated carbocycles. The molecule has 1 aliphatic rings. The van der Waals surface area contributed by atoms with E-state index in [4.69, 9.17) is 4.74 Å². The number of benzene rings is 1. The van der Waals surface area contributed by atoms with Gasteiger partial charge in [-0.3, -0.25) is 10.2 Å². The lowest BCUT2D eigenvalue weighted by Crippen LogP contribution is -2.34. The van der Waals surface area contributed by atoms with Crippen molar-refractivity contribution in [2.45, 2.75) is 20.0 Å². The Bertz CT molecular complexity index is 702. The number of ether oxygens (including phenoxy) is 1. The van der Waals surface area contributed by atoms with Crippen LogP contribution in [0.25, 0.3) is 0 Å². The molecule has 1 aromatic carbocycles. The highest BCUT2D eigenvalue weighted by Crippen LogP contribution is 2.29. The van der Waals surface area contributed by atoms with Crippen LogP contribution in [0.3, 0.4) is 0 Å². The molecule has 0 bridgehead atoms. The van der Waals surface area contributed by atoms with Gasteiger partial charge in [0.2, 0.25) is 5.95 Å². The van der Waals surface area contributed by atoms with Crippen molar-refractivity contribution in [2.75, 3.05) is 23.9 Å². The summed E-state index contributed by atoms with van der Waals surface area (Å²) in [7, 11) is 1.60. The highest BCUT2D eigenvalue weighted by Gasteiger charge is 2.25. The molecule has 0 aliphatic carbocycles. The normalized spacial score (nSPS) is 13.1. The van der Waals surface area contributed by atoms with Gasteiger partial charge in [0.1, 0.15) is 0 Å². The number of carbonyl (C=O) groups excluding carboxylic acids is 1. The summed E-state index contributed by atoms with van der Waals surface area (Å²) in [5.41, 5.74) is 4.09. The number of hydrogen-bond donors (Lipinski definition) is 1. The van der Waals surface area contributed by atoms with E-state index in [0.717, 1.165) is 17.8 Å². The lowest BCUT2D eigenvalue weighted by molar-refractivity contribution is 0.181. The first-order valence-electron chi connectivity index (χ1n) is 7.16. The Kier molecular flexibility index (Phi) is 4.02. The molecule has 2 amide bonds. The maximum absolute atomic E-state index is 12.4. The van der Waals surface area contributed by atoms with Crippen molar-refractivity contribution in [2.24, 2.45) is 0 Å². The van der Waals surface area contributed by atoms with Gasteiger partial charge in [-0.05, 0) is 31.0 Å². The van der Waals surface area contributed by atoms with E-state index in [1.165, 1.54) is 11.1 Å². The van der Waals surface area contributed by atoms with Crippen LogP contribution in [0.4, 0.5) is 16.4 Å². The van der Waals surface area contributed by atoms with Gasteiger partial charge in [0.25, 0.3) is 0 Å². The third kappa shape index (κ3) is 2.92. The number of amides is 2. The fourth-order valence-electron chi connectivity index (χ4n) is 2.59. The molecule has 2 aromatic rings. The van der Waals surface area contributed by atoms with E-state index in [1.807, 2.05) is 12.1 Å². The Balaban J connectivity index is 1.75. The predicted molar refractivity (Wildman–Crippen MR) is 84.0 cm³/mol. The smallest absolute Gasteiger partial charge is 0.328 e. The van der Waals surface area contributed by atoms with Gasteiger partial charge in [0, 0.05) is 25.5 Å². The molecule has 3 rings (SSSR count). The van der Waals surface area contributed by atoms with E-state index in [2.05, 4.69) is 28.3 Å². The lowest BCUT2D eigenvalue weighted by atomic mass is 10.1. The fourth-order valence-corrected chi connectivity index (χ4v) is 2.59. The summed E-state index contributed by atoms with van der Waals surface area (Å²) in [5.74, 6) is 0.292. The van der Waals surface area contributed by atoms with E-state index < -0.39 is 0 Å². The average molecular weight is 298 g/mol. The van der Waals surface area contributed by atoms with E-state index in [-0.39, 0.29) is 6.03 Å². The summed E-state index contributed by atoms with van der Waals surface area (Å²) in [6, 6.07) is 7.67. The molecule has 6 nitrogen and oxygen atoms in total. The van der Waals surface area contributed by atoms with Crippen molar-refractivity contribution in [3.63, 3.8) is 0 Å². The van der Waals surface area contributed by atoms with E-state index in [0.29, 0.717) is 19.1 Å². The standard InChI is InChI=1S/C16H18N4O2/c1-11-3-4-14-12(9-11)6-8-20(14)16(21)19-15-17-7-5-13(18-15)10-22-2/h3-5,7,9H,6,8,10H2,1-2H3,(H,17,18,19,21). The number of aromatic nitrogens is 2. The van der Waals surface area contributed by atoms with Crippen molar-refractivity contribution in [3.8, 4) is 0 Å². The van der Waals surface area contributed by atoms with Crippen molar-refractivity contribution in [3.05, 3.63) is 47.3 Å². The van der Waals surface area contributed by atoms with Gasteiger partial charge in [-0.25, -0.2) is 14.8 Å². The minimum Gasteiger partial charge on any atom is -0.378 e. The average Bonchev–Trinajstić information content (AvgIpc) is 2.91. The number of nitrogens with one attached hydrogen (secondary N) is 1. The Labute approximate surface area is 129 Å². The van der Waals surface area contributed by atoms with Crippen LogP contribution in [0.1, 0.15) is 16.8 Å². The van der Waals surface area contributed by atoms with Gasteiger partial charge in [-0.1, -0.05) is 17.7 Å². The largest absolute Gasteiger partial charge is 0.378 e. The highest BCUT2D eigenvalue weighted by atomic mass is 16.5. The second-order valence-electron chi connectivity index (χ2n) is 5.27. The Morgan fingerprint density at radius 1 is 1.41 bits per heavy atom. The number of nitrogens with zero attached hydrogens (tertiary/aromatic N) is 3. The summed E-state index contributed by atoms with van der Waals surface area (Å²) < 4.78 is 5.03. The van der Waals surface area contributed by atoms with Gasteiger partial charge < -0.3 is 4.74 Å². The first-order valence-corrected chi connectivity index (χ1v) is 7.16. The summed E-state index contributed by atoms with van der Waals surface area (Å²) in [4.78, 5) is 22.5. The van der Waals surface area contributed by atoms with Crippen LogP contribution in [-0.2, 0) is 17.8 Å². The monoisotopic (exact) mass is 298 g/mol. The summed E-state index contributed by atoms with van der Waals surface area (Å²) >= 11 is 0. The molecular weight excluding hydrogens is 280 g/mol. The van der Waals surface area contributed by atoms with E-state index in [9.17, 15) is 4.79 Å². The number of fused-ring (bicyclic) bond motifs is 1. The fraction of sp³-hybridized carbons (Fsp3) is 0.312. The zero-order valence-electron chi connectivity index (χ0n) is 12.7. The summed E-state index contributed by atoms with van der Waals surface area (Å²) in [5, 5.41) is 2.75. The zero-order chi connectivity index (χ0) is 15.5. The molecule has 2 heterocycles. The zero-order valence-corrected chi connectivity index (χ0v) is 12.7. The lowest BCUT2D eigenvalue weighted by Gasteiger charge is -2.17. The van der Waals surface area contributed by atoms with Gasteiger partial charge >= 0.3 is 6.03 Å². The molecule has 22 heavy (non-hydrogen) atoms. The third-order valence-electron chi connectivity index (χ3n) is 3.60. The van der Waals surface area contributed by atoms with Gasteiger partial charge in [0.05, 0.1) is 12.3 Å². The van der Waals surface area contributed by atoms with Gasteiger partial charge in [-0.15, -0.1) is 0 Å². The molecule has 114 valence electrons. The highest BCUT2D eigenvalue weighted by molar-refractivity contribution is 6.02. The van der Waals surface area contributed by atoms with Crippen LogP contribution in [0, 0.1) is 6.92 Å². The Hall–Kier alpha value is -2.47. The SMILES string of the molecule is COCc1ccnc(NC(=O)N2CCc3cc(C)ccc32)n1. The molecular formula is C16H18N4O2. The first kappa shape index (κ1) is 14.5. The summed E-state index contributed by atoms with van der Waals surface area (Å²) in [6.45, 7) is 3.11. The number of hydrogen-bond acceptors (Lipinski definition) is 4. The van der Waals surface area contributed by atoms with Gasteiger partial charge in [0.15, 0.2) is 0 Å². The van der Waals surface area contributed by atoms with Crippen LogP contribution in [0.5, 0.6) is 0 Å². The molecule has 1 aromatic heterocycles. The quantitative estimate of drug-likeness (QED) is 0.945. The number of rotatable bonds is 3. The molecule has 0 unspecified atom stereocenters. The van der Waals surface area contributed by atoms with E-state index >= 15 is 0 Å². The van der Waals surface area contributed by atoms with Crippen LogP contribution in [0.2, 0.25) is 0 Å². The summed E-state index contributed by atoms with van der Waals surface area (Å²) in [6.07, 6.45) is 2.48. The molecule has 0 spiro atoms. The molecule has 0 fully saturated rings. The maximum Gasteiger partial charge on any atom is 0.328 e. The number of carbonyl (C=O) groups is 1. The van der Waals surface area contributed by atoms with Crippen LogP contribution < -0.4 is 10.2 Å². The van der Waals surface area contributed by atoms with Crippen molar-refractivity contribution in [1.29, 1.82) is 0 Å². The number of methoxy groups -OCH3 is 1. The topological polar surface area (TPSA) is 67.3 Å². The maximum atomic E-state index is 12.4. The third-order valence-corrected chi connectivity index (χ3v) is 3.60. The van der Waals surface area contributed by atoms with Crippen molar-refractivity contribution >= 4 is 17.7 Å². The van der Waals surface area contributed by atoms with Gasteiger partial charge in [-0.2, -0.15) is 0 Å². The molecule has 1 N–H and O–H groups in total.